The number of methoxy groups -OCH3 is 1. The number of hydrogen-bond acceptors (Lipinski definition) is 6. The number of nitrogens with zero attached hydrogens (tertiary/aromatic N) is 2. The van der Waals surface area contributed by atoms with Crippen molar-refractivity contribution in [3.05, 3.63) is 11.9 Å². The van der Waals surface area contributed by atoms with E-state index in [1.807, 2.05) is 6.07 Å². The van der Waals surface area contributed by atoms with E-state index in [0.29, 0.717) is 25.0 Å². The van der Waals surface area contributed by atoms with Crippen LogP contribution in [0.4, 0.5) is 5.82 Å². The molecule has 1 atom stereocenters. The first-order chi connectivity index (χ1) is 10.7. The van der Waals surface area contributed by atoms with Crippen molar-refractivity contribution in [3.63, 3.8) is 0 Å². The summed E-state index contributed by atoms with van der Waals surface area (Å²) in [5.74, 6) is 2.70. The normalized spacial score (nSPS) is 17.9. The van der Waals surface area contributed by atoms with Gasteiger partial charge in [0.05, 0.1) is 12.7 Å². The van der Waals surface area contributed by atoms with E-state index in [-0.39, 0.29) is 6.10 Å². The molecular formula is C16H27N3O3. The SMILES string of the molecule is COCCOc1cc(NCC2CCCO2)nc(CC(C)C)n1. The van der Waals surface area contributed by atoms with E-state index in [4.69, 9.17) is 14.2 Å². The Kier molecular flexibility index (Phi) is 6.86. The van der Waals surface area contributed by atoms with E-state index in [1.165, 1.54) is 0 Å². The minimum Gasteiger partial charge on any atom is -0.475 e. The Bertz CT molecular complexity index is 448. The fourth-order valence-corrected chi connectivity index (χ4v) is 2.35. The zero-order chi connectivity index (χ0) is 15.8. The molecule has 124 valence electrons. The second kappa shape index (κ2) is 8.90. The van der Waals surface area contributed by atoms with Gasteiger partial charge in [-0.05, 0) is 18.8 Å². The minimum absolute atomic E-state index is 0.279. The molecule has 1 aromatic heterocycles. The summed E-state index contributed by atoms with van der Waals surface area (Å²) in [7, 11) is 1.65. The minimum atomic E-state index is 0.279. The third-order valence-electron chi connectivity index (χ3n) is 3.41. The van der Waals surface area contributed by atoms with E-state index in [0.717, 1.165) is 44.1 Å². The summed E-state index contributed by atoms with van der Waals surface area (Å²) in [4.78, 5) is 9.04. The quantitative estimate of drug-likeness (QED) is 0.706. The number of nitrogens with one attached hydrogen (secondary N) is 1. The average molecular weight is 309 g/mol. The van der Waals surface area contributed by atoms with E-state index >= 15 is 0 Å². The topological polar surface area (TPSA) is 65.5 Å². The fraction of sp³-hybridized carbons (Fsp3) is 0.750. The van der Waals surface area contributed by atoms with E-state index in [1.54, 1.807) is 7.11 Å². The van der Waals surface area contributed by atoms with Gasteiger partial charge in [0, 0.05) is 32.7 Å². The Morgan fingerprint density at radius 1 is 1.36 bits per heavy atom. The van der Waals surface area contributed by atoms with E-state index < -0.39 is 0 Å². The molecule has 1 aliphatic heterocycles. The number of hydrogen-bond donors (Lipinski definition) is 1. The van der Waals surface area contributed by atoms with Crippen LogP contribution in [0.25, 0.3) is 0 Å². The van der Waals surface area contributed by atoms with Gasteiger partial charge in [-0.15, -0.1) is 0 Å². The Morgan fingerprint density at radius 2 is 2.23 bits per heavy atom. The van der Waals surface area contributed by atoms with Crippen LogP contribution < -0.4 is 10.1 Å². The molecule has 1 aliphatic rings. The van der Waals surface area contributed by atoms with Crippen molar-refractivity contribution in [3.8, 4) is 5.88 Å². The van der Waals surface area contributed by atoms with Crippen molar-refractivity contribution in [1.29, 1.82) is 0 Å². The van der Waals surface area contributed by atoms with Crippen molar-refractivity contribution in [1.82, 2.24) is 9.97 Å². The highest BCUT2D eigenvalue weighted by molar-refractivity contribution is 5.38. The monoisotopic (exact) mass is 309 g/mol. The Labute approximate surface area is 132 Å². The summed E-state index contributed by atoms with van der Waals surface area (Å²) >= 11 is 0. The maximum absolute atomic E-state index is 5.63. The van der Waals surface area contributed by atoms with Crippen LogP contribution in [0, 0.1) is 5.92 Å². The highest BCUT2D eigenvalue weighted by Gasteiger charge is 2.16. The highest BCUT2D eigenvalue weighted by atomic mass is 16.5. The summed E-state index contributed by atoms with van der Waals surface area (Å²) in [6, 6.07) is 1.84. The highest BCUT2D eigenvalue weighted by Crippen LogP contribution is 2.17. The molecule has 2 rings (SSSR count). The number of ether oxygens (including phenoxy) is 3. The van der Waals surface area contributed by atoms with Gasteiger partial charge < -0.3 is 19.5 Å². The second-order valence-electron chi connectivity index (χ2n) is 5.96. The van der Waals surface area contributed by atoms with Gasteiger partial charge in [0.25, 0.3) is 0 Å². The molecule has 0 bridgehead atoms. The van der Waals surface area contributed by atoms with Gasteiger partial charge in [-0.1, -0.05) is 13.8 Å². The van der Waals surface area contributed by atoms with Gasteiger partial charge in [-0.3, -0.25) is 0 Å². The molecule has 1 N–H and O–H groups in total. The molecule has 22 heavy (non-hydrogen) atoms. The molecule has 2 heterocycles. The molecule has 0 radical (unpaired) electrons. The van der Waals surface area contributed by atoms with Crippen LogP contribution in [0.2, 0.25) is 0 Å². The van der Waals surface area contributed by atoms with Gasteiger partial charge in [0.15, 0.2) is 0 Å². The summed E-state index contributed by atoms with van der Waals surface area (Å²) in [6.45, 7) is 6.97. The van der Waals surface area contributed by atoms with Crippen LogP contribution in [0.3, 0.4) is 0 Å². The van der Waals surface area contributed by atoms with Gasteiger partial charge in [0.2, 0.25) is 5.88 Å². The molecule has 6 nitrogen and oxygen atoms in total. The standard InChI is InChI=1S/C16H27N3O3/c1-12(2)9-15-18-14(17-11-13-5-4-6-21-13)10-16(19-15)22-8-7-20-3/h10,12-13H,4-9,11H2,1-3H3,(H,17,18,19). The first kappa shape index (κ1) is 17.0. The molecule has 6 heteroatoms. The molecule has 0 saturated carbocycles. The van der Waals surface area contributed by atoms with Crippen LogP contribution in [-0.2, 0) is 15.9 Å². The van der Waals surface area contributed by atoms with Crippen LogP contribution in [0.5, 0.6) is 5.88 Å². The molecule has 0 aliphatic carbocycles. The third kappa shape index (κ3) is 5.77. The van der Waals surface area contributed by atoms with Crippen molar-refractivity contribution in [2.24, 2.45) is 5.92 Å². The number of aromatic nitrogens is 2. The average Bonchev–Trinajstić information content (AvgIpc) is 2.98. The molecule has 0 amide bonds. The van der Waals surface area contributed by atoms with E-state index in [9.17, 15) is 0 Å². The van der Waals surface area contributed by atoms with Crippen LogP contribution in [-0.4, -0.2) is 49.5 Å². The lowest BCUT2D eigenvalue weighted by atomic mass is 10.1. The zero-order valence-corrected chi connectivity index (χ0v) is 13.8. The molecular weight excluding hydrogens is 282 g/mol. The second-order valence-corrected chi connectivity index (χ2v) is 5.96. The van der Waals surface area contributed by atoms with Crippen LogP contribution >= 0.6 is 0 Å². The predicted molar refractivity (Wildman–Crippen MR) is 85.4 cm³/mol. The number of anilines is 1. The summed E-state index contributed by atoms with van der Waals surface area (Å²) in [5, 5.41) is 3.34. The Balaban J connectivity index is 1.99. The van der Waals surface area contributed by atoms with E-state index in [2.05, 4.69) is 29.1 Å². The lowest BCUT2D eigenvalue weighted by molar-refractivity contribution is 0.120. The summed E-state index contributed by atoms with van der Waals surface area (Å²) in [6.07, 6.45) is 3.35. The molecule has 0 spiro atoms. The third-order valence-corrected chi connectivity index (χ3v) is 3.41. The Morgan fingerprint density at radius 3 is 2.91 bits per heavy atom. The fourth-order valence-electron chi connectivity index (χ4n) is 2.35. The van der Waals surface area contributed by atoms with Crippen LogP contribution in [0.1, 0.15) is 32.5 Å². The lowest BCUT2D eigenvalue weighted by Crippen LogP contribution is -2.19. The van der Waals surface area contributed by atoms with Crippen molar-refractivity contribution in [2.45, 2.75) is 39.2 Å². The first-order valence-corrected chi connectivity index (χ1v) is 8.02. The van der Waals surface area contributed by atoms with Crippen molar-refractivity contribution >= 4 is 5.82 Å². The molecule has 1 aromatic rings. The summed E-state index contributed by atoms with van der Waals surface area (Å²) < 4.78 is 16.3. The molecule has 1 saturated heterocycles. The number of rotatable bonds is 9. The maximum atomic E-state index is 5.63. The van der Waals surface area contributed by atoms with Gasteiger partial charge in [-0.25, -0.2) is 4.98 Å². The smallest absolute Gasteiger partial charge is 0.218 e. The van der Waals surface area contributed by atoms with Crippen LogP contribution in [0.15, 0.2) is 6.07 Å². The first-order valence-electron chi connectivity index (χ1n) is 8.02. The van der Waals surface area contributed by atoms with Gasteiger partial charge >= 0.3 is 0 Å². The molecule has 1 unspecified atom stereocenters. The van der Waals surface area contributed by atoms with Gasteiger partial charge in [0.1, 0.15) is 18.2 Å². The molecule has 1 fully saturated rings. The summed E-state index contributed by atoms with van der Waals surface area (Å²) in [5.41, 5.74) is 0. The zero-order valence-electron chi connectivity index (χ0n) is 13.8. The Hall–Kier alpha value is -1.40. The van der Waals surface area contributed by atoms with Crippen molar-refractivity contribution < 1.29 is 14.2 Å². The maximum Gasteiger partial charge on any atom is 0.218 e. The van der Waals surface area contributed by atoms with Gasteiger partial charge in [-0.2, -0.15) is 4.98 Å². The van der Waals surface area contributed by atoms with Crippen molar-refractivity contribution in [2.75, 3.05) is 38.8 Å². The lowest BCUT2D eigenvalue weighted by Gasteiger charge is -2.14. The largest absolute Gasteiger partial charge is 0.475 e. The molecule has 0 aromatic carbocycles. The predicted octanol–water partition coefficient (Wildman–Crippen LogP) is 2.29.